The Labute approximate surface area is 211 Å². The van der Waals surface area contributed by atoms with E-state index in [0.717, 1.165) is 9.98 Å². The van der Waals surface area contributed by atoms with E-state index in [0.29, 0.717) is 28.5 Å². The predicted molar refractivity (Wildman–Crippen MR) is 138 cm³/mol. The normalized spacial score (nSPS) is 15.9. The Morgan fingerprint density at radius 3 is 2.06 bits per heavy atom. The van der Waals surface area contributed by atoms with Crippen LogP contribution in [-0.2, 0) is 20.0 Å². The van der Waals surface area contributed by atoms with Crippen molar-refractivity contribution in [2.75, 3.05) is 24.7 Å². The van der Waals surface area contributed by atoms with Gasteiger partial charge in [0.15, 0.2) is 0 Å². The van der Waals surface area contributed by atoms with Crippen LogP contribution < -0.4 is 14.2 Å². The molecule has 4 rings (SSSR count). The molecule has 1 atom stereocenters. The van der Waals surface area contributed by atoms with E-state index in [1.54, 1.807) is 74.7 Å². The van der Waals surface area contributed by atoms with Crippen LogP contribution in [0.2, 0.25) is 0 Å². The Morgan fingerprint density at radius 2 is 1.47 bits per heavy atom. The molecule has 0 radical (unpaired) electrons. The third kappa shape index (κ3) is 5.17. The summed E-state index contributed by atoms with van der Waals surface area (Å²) in [5, 5.41) is 4.53. The average molecular weight is 530 g/mol. The number of nitrogens with zero attached hydrogens (tertiary/aromatic N) is 2. The molecule has 36 heavy (non-hydrogen) atoms. The van der Waals surface area contributed by atoms with Gasteiger partial charge in [0.1, 0.15) is 11.5 Å². The van der Waals surface area contributed by atoms with Gasteiger partial charge in [0.25, 0.3) is 10.0 Å². The number of rotatable bonds is 9. The molecule has 3 aromatic rings. The highest BCUT2D eigenvalue weighted by molar-refractivity contribution is 7.92. The third-order valence-corrected chi connectivity index (χ3v) is 8.85. The highest BCUT2D eigenvalue weighted by Gasteiger charge is 2.38. The number of hydrogen-bond donors (Lipinski definition) is 1. The summed E-state index contributed by atoms with van der Waals surface area (Å²) < 4.78 is 66.0. The summed E-state index contributed by atoms with van der Waals surface area (Å²) in [6.07, 6.45) is 0.243. The highest BCUT2D eigenvalue weighted by atomic mass is 32.2. The number of para-hydroxylation sites is 1. The molecule has 1 N–H and O–H groups in total. The molecule has 190 valence electrons. The second-order valence-electron chi connectivity index (χ2n) is 8.04. The van der Waals surface area contributed by atoms with Crippen LogP contribution in [0.15, 0.2) is 82.8 Å². The number of methoxy groups -OCH3 is 2. The maximum Gasteiger partial charge on any atom is 0.279 e. The molecule has 3 aromatic carbocycles. The fourth-order valence-corrected chi connectivity index (χ4v) is 5.96. The zero-order valence-corrected chi connectivity index (χ0v) is 21.7. The zero-order valence-electron chi connectivity index (χ0n) is 20.1. The van der Waals surface area contributed by atoms with Gasteiger partial charge in [-0.1, -0.05) is 30.3 Å². The molecular formula is C25H27N3O6S2. The molecule has 1 aliphatic heterocycles. The van der Waals surface area contributed by atoms with E-state index < -0.39 is 26.1 Å². The third-order valence-electron chi connectivity index (χ3n) is 5.86. The van der Waals surface area contributed by atoms with Crippen molar-refractivity contribution in [1.29, 1.82) is 0 Å². The zero-order chi connectivity index (χ0) is 25.9. The number of sulfonamides is 2. The van der Waals surface area contributed by atoms with Gasteiger partial charge in [-0.3, -0.25) is 4.72 Å². The molecule has 0 saturated carbocycles. The van der Waals surface area contributed by atoms with E-state index in [1.165, 1.54) is 19.2 Å². The minimum absolute atomic E-state index is 0.0618. The Kier molecular flexibility index (Phi) is 7.23. The van der Waals surface area contributed by atoms with Crippen molar-refractivity contribution in [3.8, 4) is 11.5 Å². The fraction of sp³-hybridized carbons (Fsp3) is 0.240. The van der Waals surface area contributed by atoms with Crippen molar-refractivity contribution in [3.63, 3.8) is 0 Å². The maximum atomic E-state index is 13.7. The monoisotopic (exact) mass is 529 g/mol. The van der Waals surface area contributed by atoms with Gasteiger partial charge in [-0.2, -0.15) is 17.9 Å². The molecule has 0 saturated heterocycles. The first-order valence-corrected chi connectivity index (χ1v) is 14.3. The Hall–Kier alpha value is -3.57. The first kappa shape index (κ1) is 25.5. The van der Waals surface area contributed by atoms with Gasteiger partial charge in [-0.25, -0.2) is 8.42 Å². The number of ether oxygens (including phenoxy) is 2. The topological polar surface area (TPSA) is 114 Å². The summed E-state index contributed by atoms with van der Waals surface area (Å²) in [4.78, 5) is 0.0618. The summed E-state index contributed by atoms with van der Waals surface area (Å²) >= 11 is 0. The molecule has 9 nitrogen and oxygen atoms in total. The van der Waals surface area contributed by atoms with Crippen molar-refractivity contribution in [2.45, 2.75) is 24.3 Å². The maximum absolute atomic E-state index is 13.7. The van der Waals surface area contributed by atoms with E-state index >= 15 is 0 Å². The molecule has 0 spiro atoms. The van der Waals surface area contributed by atoms with Crippen LogP contribution >= 0.6 is 0 Å². The first-order chi connectivity index (χ1) is 17.2. The minimum Gasteiger partial charge on any atom is -0.497 e. The predicted octanol–water partition coefficient (Wildman–Crippen LogP) is 4.01. The molecular weight excluding hydrogens is 502 g/mol. The van der Waals surface area contributed by atoms with Crippen LogP contribution in [0.5, 0.6) is 11.5 Å². The fourth-order valence-electron chi connectivity index (χ4n) is 3.87. The van der Waals surface area contributed by atoms with E-state index in [9.17, 15) is 16.8 Å². The van der Waals surface area contributed by atoms with Crippen LogP contribution in [-0.4, -0.2) is 46.9 Å². The molecule has 0 amide bonds. The van der Waals surface area contributed by atoms with Crippen molar-refractivity contribution in [3.05, 3.63) is 83.9 Å². The van der Waals surface area contributed by atoms with Gasteiger partial charge in [0.05, 0.1) is 42.3 Å². The van der Waals surface area contributed by atoms with Crippen molar-refractivity contribution < 1.29 is 26.3 Å². The lowest BCUT2D eigenvalue weighted by atomic mass is 9.98. The lowest BCUT2D eigenvalue weighted by Gasteiger charge is -2.23. The summed E-state index contributed by atoms with van der Waals surface area (Å²) in [5.74, 6) is 1.07. The lowest BCUT2D eigenvalue weighted by Crippen LogP contribution is -2.27. The van der Waals surface area contributed by atoms with Crippen LogP contribution in [0.4, 0.5) is 5.69 Å². The minimum atomic E-state index is -4.05. The van der Waals surface area contributed by atoms with Gasteiger partial charge >= 0.3 is 0 Å². The summed E-state index contributed by atoms with van der Waals surface area (Å²) in [5.41, 5.74) is 2.02. The molecule has 0 bridgehead atoms. The van der Waals surface area contributed by atoms with E-state index in [-0.39, 0.29) is 17.1 Å². The second kappa shape index (κ2) is 10.2. The summed E-state index contributed by atoms with van der Waals surface area (Å²) in [7, 11) is -4.54. The Morgan fingerprint density at radius 1 is 0.889 bits per heavy atom. The standard InChI is InChI=1S/C25H27N3O6S2/c1-4-35(29,30)27-23-8-6-5-7-22(23)24-17-25(18-9-11-19(33-2)12-10-18)28(26-24)36(31,32)21-15-13-20(34-3)14-16-21/h5-16,25,27H,4,17H2,1-3H3. The average Bonchev–Trinajstić information content (AvgIpc) is 3.35. The molecule has 0 fully saturated rings. The Balaban J connectivity index is 1.80. The van der Waals surface area contributed by atoms with E-state index in [4.69, 9.17) is 9.47 Å². The van der Waals surface area contributed by atoms with Gasteiger partial charge < -0.3 is 9.47 Å². The van der Waals surface area contributed by atoms with Crippen LogP contribution in [0, 0.1) is 0 Å². The SMILES string of the molecule is CCS(=O)(=O)Nc1ccccc1C1=NN(S(=O)(=O)c2ccc(OC)cc2)C(c2ccc(OC)cc2)C1. The van der Waals surface area contributed by atoms with Crippen molar-refractivity contribution in [2.24, 2.45) is 5.10 Å². The van der Waals surface area contributed by atoms with Gasteiger partial charge in [-0.05, 0) is 55.0 Å². The molecule has 11 heteroatoms. The molecule has 1 aliphatic rings. The number of hydrazone groups is 1. The number of nitrogens with one attached hydrogen (secondary N) is 1. The number of anilines is 1. The summed E-state index contributed by atoms with van der Waals surface area (Å²) in [6, 6.07) is 19.4. The van der Waals surface area contributed by atoms with Gasteiger partial charge in [0.2, 0.25) is 10.0 Å². The number of hydrogen-bond acceptors (Lipinski definition) is 7. The van der Waals surface area contributed by atoms with Crippen LogP contribution in [0.1, 0.15) is 30.5 Å². The Bertz CT molecular complexity index is 1470. The van der Waals surface area contributed by atoms with Gasteiger partial charge in [0, 0.05) is 12.0 Å². The van der Waals surface area contributed by atoms with Gasteiger partial charge in [-0.15, -0.1) is 0 Å². The molecule has 0 aromatic heterocycles. The molecule has 0 aliphatic carbocycles. The van der Waals surface area contributed by atoms with Crippen LogP contribution in [0.3, 0.4) is 0 Å². The molecule has 1 heterocycles. The van der Waals surface area contributed by atoms with Crippen LogP contribution in [0.25, 0.3) is 0 Å². The van der Waals surface area contributed by atoms with E-state index in [1.807, 2.05) is 0 Å². The lowest BCUT2D eigenvalue weighted by molar-refractivity contribution is 0.370. The smallest absolute Gasteiger partial charge is 0.279 e. The van der Waals surface area contributed by atoms with E-state index in [2.05, 4.69) is 9.82 Å². The van der Waals surface area contributed by atoms with Crippen molar-refractivity contribution in [1.82, 2.24) is 4.41 Å². The first-order valence-electron chi connectivity index (χ1n) is 11.2. The molecule has 1 unspecified atom stereocenters. The number of benzene rings is 3. The second-order valence-corrected chi connectivity index (χ2v) is 11.9. The quantitative estimate of drug-likeness (QED) is 0.448. The summed E-state index contributed by atoms with van der Waals surface area (Å²) in [6.45, 7) is 1.54. The van der Waals surface area contributed by atoms with Crippen molar-refractivity contribution >= 4 is 31.4 Å². The highest BCUT2D eigenvalue weighted by Crippen LogP contribution is 2.39. The largest absolute Gasteiger partial charge is 0.497 e.